The molecule has 1 fully saturated rings. The van der Waals surface area contributed by atoms with Gasteiger partial charge in [-0.2, -0.15) is 0 Å². The third-order valence-electron chi connectivity index (χ3n) is 4.77. The van der Waals surface area contributed by atoms with E-state index in [9.17, 15) is 4.79 Å². The van der Waals surface area contributed by atoms with Crippen molar-refractivity contribution in [1.82, 2.24) is 14.8 Å². The smallest absolute Gasteiger partial charge is 0.244 e. The highest BCUT2D eigenvalue weighted by Crippen LogP contribution is 2.26. The maximum absolute atomic E-state index is 13.1. The molecule has 1 aromatic heterocycles. The number of likely N-dealkylation sites (N-methyl/N-ethyl adjacent to an activating group) is 1. The van der Waals surface area contributed by atoms with Crippen molar-refractivity contribution < 1.29 is 9.53 Å². The number of rotatable bonds is 8. The van der Waals surface area contributed by atoms with E-state index in [0.717, 1.165) is 43.7 Å². The van der Waals surface area contributed by atoms with Gasteiger partial charge >= 0.3 is 0 Å². The van der Waals surface area contributed by atoms with Gasteiger partial charge in [-0.15, -0.1) is 0 Å². The fraction of sp³-hybridized carbons (Fsp3) is 0.429. The maximum Gasteiger partial charge on any atom is 0.244 e. The minimum absolute atomic E-state index is 0.139. The second-order valence-corrected chi connectivity index (χ2v) is 6.71. The van der Waals surface area contributed by atoms with Crippen molar-refractivity contribution in [3.63, 3.8) is 0 Å². The molecule has 5 heteroatoms. The van der Waals surface area contributed by atoms with Gasteiger partial charge in [0.05, 0.1) is 6.61 Å². The van der Waals surface area contributed by atoms with Gasteiger partial charge in [0.2, 0.25) is 5.91 Å². The number of nitrogens with zero attached hydrogens (tertiary/aromatic N) is 3. The first kappa shape index (κ1) is 18.4. The molecule has 2 aromatic rings. The van der Waals surface area contributed by atoms with Crippen LogP contribution in [-0.4, -0.2) is 54.0 Å². The third-order valence-corrected chi connectivity index (χ3v) is 4.77. The van der Waals surface area contributed by atoms with Gasteiger partial charge in [0, 0.05) is 26.0 Å². The highest BCUT2D eigenvalue weighted by atomic mass is 16.5. The predicted molar refractivity (Wildman–Crippen MR) is 102 cm³/mol. The average Bonchev–Trinajstić information content (AvgIpc) is 3.21. The Hall–Kier alpha value is -2.40. The molecule has 0 radical (unpaired) electrons. The molecule has 138 valence electrons. The number of amides is 1. The van der Waals surface area contributed by atoms with Gasteiger partial charge in [-0.05, 0) is 56.1 Å². The molecule has 0 spiro atoms. The van der Waals surface area contributed by atoms with Crippen LogP contribution in [0, 0.1) is 0 Å². The molecular formula is C21H27N3O2. The lowest BCUT2D eigenvalue weighted by Gasteiger charge is -2.30. The number of carbonyl (C=O) groups is 1. The van der Waals surface area contributed by atoms with Crippen LogP contribution in [0.1, 0.15) is 30.9 Å². The van der Waals surface area contributed by atoms with E-state index in [1.165, 1.54) is 0 Å². The van der Waals surface area contributed by atoms with Crippen LogP contribution in [-0.2, 0) is 4.79 Å². The Morgan fingerprint density at radius 2 is 1.96 bits per heavy atom. The summed E-state index contributed by atoms with van der Waals surface area (Å²) in [7, 11) is 1.88. The maximum atomic E-state index is 13.1. The Morgan fingerprint density at radius 3 is 2.65 bits per heavy atom. The second-order valence-electron chi connectivity index (χ2n) is 6.71. The lowest BCUT2D eigenvalue weighted by molar-refractivity contribution is -0.135. The quantitative estimate of drug-likeness (QED) is 0.684. The number of para-hydroxylation sites is 1. The van der Waals surface area contributed by atoms with Crippen LogP contribution in [0.4, 0.5) is 0 Å². The molecule has 26 heavy (non-hydrogen) atoms. The summed E-state index contributed by atoms with van der Waals surface area (Å²) < 4.78 is 5.72. The first-order valence-electron chi connectivity index (χ1n) is 9.32. The zero-order valence-electron chi connectivity index (χ0n) is 15.4. The molecule has 2 heterocycles. The number of hydrogen-bond acceptors (Lipinski definition) is 4. The minimum atomic E-state index is -0.230. The van der Waals surface area contributed by atoms with Crippen LogP contribution < -0.4 is 4.74 Å². The zero-order valence-corrected chi connectivity index (χ0v) is 15.4. The van der Waals surface area contributed by atoms with Gasteiger partial charge in [-0.1, -0.05) is 24.3 Å². The number of benzene rings is 1. The van der Waals surface area contributed by atoms with Crippen molar-refractivity contribution in [2.75, 3.05) is 33.3 Å². The van der Waals surface area contributed by atoms with Crippen LogP contribution in [0.3, 0.4) is 0 Å². The van der Waals surface area contributed by atoms with Crippen LogP contribution in [0.25, 0.3) is 0 Å². The van der Waals surface area contributed by atoms with Gasteiger partial charge < -0.3 is 9.64 Å². The molecule has 0 aliphatic carbocycles. The average molecular weight is 353 g/mol. The number of pyridine rings is 1. The molecule has 0 bridgehead atoms. The Kier molecular flexibility index (Phi) is 6.61. The summed E-state index contributed by atoms with van der Waals surface area (Å²) in [6.45, 7) is 3.21. The van der Waals surface area contributed by atoms with Crippen LogP contribution in [0.15, 0.2) is 54.9 Å². The summed E-state index contributed by atoms with van der Waals surface area (Å²) in [5.41, 5.74) is 0.979. The van der Waals surface area contributed by atoms with E-state index in [1.807, 2.05) is 60.6 Å². The molecule has 1 aliphatic rings. The van der Waals surface area contributed by atoms with E-state index in [4.69, 9.17) is 4.74 Å². The third kappa shape index (κ3) is 4.82. The Morgan fingerprint density at radius 1 is 1.19 bits per heavy atom. The zero-order chi connectivity index (χ0) is 18.2. The standard InChI is InChI=1S/C21H27N3O2/c1-23(13-8-16-26-19-10-3-2-4-11-19)21(25)20(24-14-5-6-15-24)18-9-7-12-22-17-18/h2-4,7,9-12,17,20H,5-6,8,13-16H2,1H3/t20-/m0/s1. The highest BCUT2D eigenvalue weighted by Gasteiger charge is 2.31. The molecule has 1 saturated heterocycles. The monoisotopic (exact) mass is 353 g/mol. The first-order valence-corrected chi connectivity index (χ1v) is 9.32. The minimum Gasteiger partial charge on any atom is -0.494 e. The molecule has 0 unspecified atom stereocenters. The van der Waals surface area contributed by atoms with E-state index in [-0.39, 0.29) is 11.9 Å². The predicted octanol–water partition coefficient (Wildman–Crippen LogP) is 3.15. The lowest BCUT2D eigenvalue weighted by Crippen LogP contribution is -2.41. The van der Waals surface area contributed by atoms with Gasteiger partial charge in [-0.25, -0.2) is 0 Å². The van der Waals surface area contributed by atoms with Crippen molar-refractivity contribution in [1.29, 1.82) is 0 Å². The summed E-state index contributed by atoms with van der Waals surface area (Å²) in [6.07, 6.45) is 6.67. The van der Waals surface area contributed by atoms with Crippen LogP contribution in [0.2, 0.25) is 0 Å². The number of likely N-dealkylation sites (tertiary alicyclic amines) is 1. The van der Waals surface area contributed by atoms with E-state index in [0.29, 0.717) is 13.2 Å². The molecule has 1 amide bonds. The Bertz CT molecular complexity index is 672. The number of aromatic nitrogens is 1. The van der Waals surface area contributed by atoms with Gasteiger partial charge in [0.15, 0.2) is 0 Å². The van der Waals surface area contributed by atoms with E-state index in [2.05, 4.69) is 9.88 Å². The van der Waals surface area contributed by atoms with Crippen molar-refractivity contribution in [2.45, 2.75) is 25.3 Å². The highest BCUT2D eigenvalue weighted by molar-refractivity contribution is 5.83. The van der Waals surface area contributed by atoms with Crippen molar-refractivity contribution in [3.05, 3.63) is 60.4 Å². The van der Waals surface area contributed by atoms with E-state index in [1.54, 1.807) is 6.20 Å². The molecule has 3 rings (SSSR count). The lowest BCUT2D eigenvalue weighted by atomic mass is 10.1. The van der Waals surface area contributed by atoms with Crippen molar-refractivity contribution in [2.24, 2.45) is 0 Å². The summed E-state index contributed by atoms with van der Waals surface area (Å²) in [6, 6.07) is 13.4. The molecule has 1 aliphatic heterocycles. The van der Waals surface area contributed by atoms with E-state index >= 15 is 0 Å². The van der Waals surface area contributed by atoms with Crippen molar-refractivity contribution >= 4 is 5.91 Å². The van der Waals surface area contributed by atoms with Gasteiger partial charge in [-0.3, -0.25) is 14.7 Å². The number of hydrogen-bond donors (Lipinski definition) is 0. The first-order chi connectivity index (χ1) is 12.8. The SMILES string of the molecule is CN(CCCOc1ccccc1)C(=O)[C@H](c1cccnc1)N1CCCC1. The second kappa shape index (κ2) is 9.34. The summed E-state index contributed by atoms with van der Waals surface area (Å²) >= 11 is 0. The fourth-order valence-electron chi connectivity index (χ4n) is 3.37. The Balaban J connectivity index is 1.55. The molecule has 0 N–H and O–H groups in total. The van der Waals surface area contributed by atoms with Gasteiger partial charge in [0.1, 0.15) is 11.8 Å². The summed E-state index contributed by atoms with van der Waals surface area (Å²) in [4.78, 5) is 21.4. The number of carbonyl (C=O) groups excluding carboxylic acids is 1. The number of ether oxygens (including phenoxy) is 1. The normalized spacial score (nSPS) is 15.6. The Labute approximate surface area is 155 Å². The molecule has 5 nitrogen and oxygen atoms in total. The van der Waals surface area contributed by atoms with Crippen LogP contribution in [0.5, 0.6) is 5.75 Å². The molecular weight excluding hydrogens is 326 g/mol. The van der Waals surface area contributed by atoms with Crippen molar-refractivity contribution in [3.8, 4) is 5.75 Å². The topological polar surface area (TPSA) is 45.7 Å². The largest absolute Gasteiger partial charge is 0.494 e. The van der Waals surface area contributed by atoms with Crippen LogP contribution >= 0.6 is 0 Å². The molecule has 1 atom stereocenters. The molecule has 0 saturated carbocycles. The summed E-state index contributed by atoms with van der Waals surface area (Å²) in [5.74, 6) is 1.01. The summed E-state index contributed by atoms with van der Waals surface area (Å²) in [5, 5.41) is 0. The fourth-order valence-corrected chi connectivity index (χ4v) is 3.37. The van der Waals surface area contributed by atoms with E-state index < -0.39 is 0 Å². The van der Waals surface area contributed by atoms with Gasteiger partial charge in [0.25, 0.3) is 0 Å². The molecule has 1 aromatic carbocycles.